The molecule has 2 nitrogen and oxygen atoms in total. The summed E-state index contributed by atoms with van der Waals surface area (Å²) in [7, 11) is 0. The van der Waals surface area contributed by atoms with Crippen molar-refractivity contribution < 1.29 is 0 Å². The molecule has 0 aromatic heterocycles. The molecule has 2 atom stereocenters. The van der Waals surface area contributed by atoms with Crippen LogP contribution < -0.4 is 9.80 Å². The number of rotatable bonds is 8. The van der Waals surface area contributed by atoms with E-state index in [0.29, 0.717) is 5.92 Å². The van der Waals surface area contributed by atoms with E-state index < -0.39 is 0 Å². The summed E-state index contributed by atoms with van der Waals surface area (Å²) in [5.41, 5.74) is 18.1. The molecule has 0 fully saturated rings. The zero-order valence-electron chi connectivity index (χ0n) is 39.3. The summed E-state index contributed by atoms with van der Waals surface area (Å²) in [6, 6.07) is 70.2. The fourth-order valence-electron chi connectivity index (χ4n) is 11.9. The molecule has 4 aliphatic rings. The molecule has 0 aliphatic heterocycles. The first-order valence-corrected chi connectivity index (χ1v) is 24.8. The van der Waals surface area contributed by atoms with Crippen molar-refractivity contribution in [1.82, 2.24) is 0 Å². The molecule has 13 rings (SSSR count). The summed E-state index contributed by atoms with van der Waals surface area (Å²) >= 11 is 0. The van der Waals surface area contributed by atoms with Crippen LogP contribution in [-0.2, 0) is 11.8 Å². The molecule has 2 heteroatoms. The molecule has 0 bridgehead atoms. The molecular formula is C67H54N2. The van der Waals surface area contributed by atoms with E-state index in [1.54, 1.807) is 0 Å². The molecule has 4 aliphatic carbocycles. The van der Waals surface area contributed by atoms with E-state index in [1.807, 2.05) is 0 Å². The van der Waals surface area contributed by atoms with Crippen LogP contribution >= 0.6 is 0 Å². The number of fused-ring (bicyclic) bond motifs is 6. The molecule has 2 unspecified atom stereocenters. The van der Waals surface area contributed by atoms with Crippen molar-refractivity contribution in [3.05, 3.63) is 264 Å². The third-order valence-electron chi connectivity index (χ3n) is 15.6. The second-order valence-corrected chi connectivity index (χ2v) is 19.9. The van der Waals surface area contributed by atoms with E-state index in [-0.39, 0.29) is 11.5 Å². The van der Waals surface area contributed by atoms with Crippen LogP contribution in [-0.4, -0.2) is 6.04 Å². The maximum Gasteiger partial charge on any atom is 0.0563 e. The van der Waals surface area contributed by atoms with E-state index in [2.05, 4.69) is 254 Å². The standard InChI is InChI=1S/C67H54N2/c1-67(2)63-43-57(68(65-23-11-19-49-15-7-9-21-59(49)65)55-33-29-47(30-34-55)53-27-25-45-13-3-5-17-51(45)41-53)37-39-61(63)62-40-38-58(44-64(62)67)69(66-24-12-20-50-16-8-10-22-60(50)66)56-35-31-48(32-36-56)54-28-26-46-14-4-6-18-52(46)42-54/h3-7,9-15,17-29,31-43,47,58H,8,16,30,44H2,1-2H3. The summed E-state index contributed by atoms with van der Waals surface area (Å²) in [6.07, 6.45) is 20.9. The molecule has 9 aromatic rings. The highest BCUT2D eigenvalue weighted by Gasteiger charge is 2.41. The Kier molecular flexibility index (Phi) is 9.98. The summed E-state index contributed by atoms with van der Waals surface area (Å²) in [4.78, 5) is 5.13. The molecule has 9 aromatic carbocycles. The van der Waals surface area contributed by atoms with Crippen molar-refractivity contribution >= 4 is 66.7 Å². The lowest BCUT2D eigenvalue weighted by Gasteiger charge is -2.38. The van der Waals surface area contributed by atoms with Crippen molar-refractivity contribution in [3.8, 4) is 11.1 Å². The lowest BCUT2D eigenvalue weighted by molar-refractivity contribution is 0.585. The molecule has 69 heavy (non-hydrogen) atoms. The van der Waals surface area contributed by atoms with Gasteiger partial charge in [0.05, 0.1) is 11.7 Å². The second kappa shape index (κ2) is 16.7. The van der Waals surface area contributed by atoms with Crippen LogP contribution in [0.3, 0.4) is 0 Å². The van der Waals surface area contributed by atoms with Crippen LogP contribution in [0, 0.1) is 0 Å². The number of hydrogen-bond donors (Lipinski definition) is 0. The van der Waals surface area contributed by atoms with Gasteiger partial charge in [-0.25, -0.2) is 0 Å². The summed E-state index contributed by atoms with van der Waals surface area (Å²) in [5, 5.41) is 7.61. The Balaban J connectivity index is 0.852. The minimum Gasteiger partial charge on any atom is -0.334 e. The fourth-order valence-corrected chi connectivity index (χ4v) is 11.9. The molecule has 0 saturated heterocycles. The molecule has 0 saturated carbocycles. The van der Waals surface area contributed by atoms with Crippen molar-refractivity contribution in [2.75, 3.05) is 9.80 Å². The summed E-state index contributed by atoms with van der Waals surface area (Å²) in [5.74, 6) is 0.321. The third kappa shape index (κ3) is 7.17. The Bertz CT molecular complexity index is 3660. The topological polar surface area (TPSA) is 6.48 Å². The molecule has 0 heterocycles. The minimum absolute atomic E-state index is 0.130. The number of benzene rings is 9. The van der Waals surface area contributed by atoms with Gasteiger partial charge in [0.2, 0.25) is 0 Å². The second-order valence-electron chi connectivity index (χ2n) is 19.9. The highest BCUT2D eigenvalue weighted by Crippen LogP contribution is 2.53. The van der Waals surface area contributed by atoms with Gasteiger partial charge < -0.3 is 9.80 Å². The van der Waals surface area contributed by atoms with Gasteiger partial charge in [-0.1, -0.05) is 196 Å². The Morgan fingerprint density at radius 1 is 0.536 bits per heavy atom. The number of aryl methyl sites for hydroxylation is 1. The zero-order valence-corrected chi connectivity index (χ0v) is 39.3. The monoisotopic (exact) mass is 886 g/mol. The van der Waals surface area contributed by atoms with Gasteiger partial charge in [-0.15, -0.1) is 0 Å². The molecule has 0 amide bonds. The summed E-state index contributed by atoms with van der Waals surface area (Å²) < 4.78 is 0. The Morgan fingerprint density at radius 3 is 2.04 bits per heavy atom. The number of hydrogen-bond acceptors (Lipinski definition) is 2. The van der Waals surface area contributed by atoms with Crippen molar-refractivity contribution in [3.63, 3.8) is 0 Å². The van der Waals surface area contributed by atoms with Gasteiger partial charge in [-0.2, -0.15) is 0 Å². The molecular weight excluding hydrogens is 833 g/mol. The first-order valence-electron chi connectivity index (χ1n) is 24.8. The van der Waals surface area contributed by atoms with Crippen molar-refractivity contribution in [2.24, 2.45) is 0 Å². The molecule has 0 spiro atoms. The van der Waals surface area contributed by atoms with Gasteiger partial charge in [0.25, 0.3) is 0 Å². The average molecular weight is 887 g/mol. The Morgan fingerprint density at radius 2 is 1.23 bits per heavy atom. The lowest BCUT2D eigenvalue weighted by atomic mass is 9.77. The van der Waals surface area contributed by atoms with Crippen molar-refractivity contribution in [1.29, 1.82) is 0 Å². The minimum atomic E-state index is -0.187. The molecule has 0 radical (unpaired) electrons. The van der Waals surface area contributed by atoms with Crippen LogP contribution in [0.4, 0.5) is 22.7 Å². The van der Waals surface area contributed by atoms with Crippen molar-refractivity contribution in [2.45, 2.75) is 56.9 Å². The maximum absolute atomic E-state index is 2.62. The van der Waals surface area contributed by atoms with Crippen LogP contribution in [0.15, 0.2) is 236 Å². The predicted octanol–water partition coefficient (Wildman–Crippen LogP) is 17.7. The third-order valence-corrected chi connectivity index (χ3v) is 15.6. The first kappa shape index (κ1) is 41.3. The van der Waals surface area contributed by atoms with E-state index >= 15 is 0 Å². The van der Waals surface area contributed by atoms with Gasteiger partial charge in [-0.3, -0.25) is 0 Å². The van der Waals surface area contributed by atoms with E-state index in [4.69, 9.17) is 0 Å². The lowest BCUT2D eigenvalue weighted by Crippen LogP contribution is -2.34. The van der Waals surface area contributed by atoms with Gasteiger partial charge >= 0.3 is 0 Å². The Hall–Kier alpha value is -7.94. The van der Waals surface area contributed by atoms with Gasteiger partial charge in [-0.05, 0) is 146 Å². The van der Waals surface area contributed by atoms with E-state index in [9.17, 15) is 0 Å². The molecule has 332 valence electrons. The van der Waals surface area contributed by atoms with Gasteiger partial charge in [0, 0.05) is 45.0 Å². The quantitative estimate of drug-likeness (QED) is 0.150. The highest BCUT2D eigenvalue weighted by molar-refractivity contribution is 5.98. The number of allylic oxidation sites excluding steroid dienone is 6. The van der Waals surface area contributed by atoms with Gasteiger partial charge in [0.15, 0.2) is 0 Å². The fraction of sp³-hybridized carbons (Fsp3) is 0.134. The van der Waals surface area contributed by atoms with Crippen LogP contribution in [0.2, 0.25) is 0 Å². The van der Waals surface area contributed by atoms with Crippen LogP contribution in [0.5, 0.6) is 0 Å². The predicted molar refractivity (Wildman–Crippen MR) is 294 cm³/mol. The Labute approximate surface area is 406 Å². The number of anilines is 4. The van der Waals surface area contributed by atoms with Gasteiger partial charge in [0.1, 0.15) is 0 Å². The average Bonchev–Trinajstić information content (AvgIpc) is 3.63. The largest absolute Gasteiger partial charge is 0.334 e. The van der Waals surface area contributed by atoms with Crippen LogP contribution in [0.1, 0.15) is 66.8 Å². The van der Waals surface area contributed by atoms with E-state index in [0.717, 1.165) is 25.7 Å². The first-order chi connectivity index (χ1) is 33.9. The van der Waals surface area contributed by atoms with Crippen LogP contribution in [0.25, 0.3) is 55.1 Å². The maximum atomic E-state index is 2.62. The normalized spacial score (nSPS) is 17.7. The number of nitrogens with zero attached hydrogens (tertiary/aromatic N) is 2. The molecule has 0 N–H and O–H groups in total. The summed E-state index contributed by atoms with van der Waals surface area (Å²) in [6.45, 7) is 4.92. The zero-order chi connectivity index (χ0) is 46.1. The SMILES string of the molecule is CC1(C)C2=C(C=CC(N(c3ccc(-c4ccc5ccccc5c4)cc3)c3cccc4c3C=CCC4)C2)c2ccc(N(C3=CCC(c4ccc5ccccc5c4)C=C3)c3cccc4ccccc34)cc21. The highest BCUT2D eigenvalue weighted by atomic mass is 15.2. The van der Waals surface area contributed by atoms with E-state index in [1.165, 1.54) is 111 Å². The smallest absolute Gasteiger partial charge is 0.0563 e.